The number of carbonyl (C=O) groups excluding carboxylic acids is 1. The molecule has 0 spiro atoms. The third-order valence-corrected chi connectivity index (χ3v) is 8.11. The smallest absolute Gasteiger partial charge is 0.265 e. The minimum absolute atomic E-state index is 0.00947. The number of hydrogen-bond acceptors (Lipinski definition) is 3. The highest BCUT2D eigenvalue weighted by atomic mass is 35.5. The molecule has 4 nitrogen and oxygen atoms in total. The lowest BCUT2D eigenvalue weighted by atomic mass is 9.94. The van der Waals surface area contributed by atoms with Crippen molar-refractivity contribution < 1.29 is 4.79 Å². The number of rotatable bonds is 4. The van der Waals surface area contributed by atoms with Gasteiger partial charge in [-0.1, -0.05) is 72.8 Å². The van der Waals surface area contributed by atoms with Crippen LogP contribution in [0.2, 0.25) is 10.0 Å². The van der Waals surface area contributed by atoms with E-state index in [1.54, 1.807) is 0 Å². The Morgan fingerprint density at radius 1 is 1.03 bits per heavy atom. The lowest BCUT2D eigenvalue weighted by molar-refractivity contribution is 0.0701. The molecule has 4 aromatic rings. The molecule has 0 N–H and O–H groups in total. The monoisotopic (exact) mass is 483 g/mol. The van der Waals surface area contributed by atoms with Gasteiger partial charge >= 0.3 is 0 Å². The van der Waals surface area contributed by atoms with Gasteiger partial charge in [-0.2, -0.15) is 5.10 Å². The molecule has 2 aromatic carbocycles. The minimum atomic E-state index is -0.00947. The van der Waals surface area contributed by atoms with Crippen molar-refractivity contribution >= 4 is 50.7 Å². The molecule has 1 aliphatic rings. The van der Waals surface area contributed by atoms with Crippen molar-refractivity contribution in [3.8, 4) is 16.9 Å². The van der Waals surface area contributed by atoms with Crippen LogP contribution in [0.1, 0.15) is 41.8 Å². The summed E-state index contributed by atoms with van der Waals surface area (Å²) in [6.45, 7) is 0. The molecule has 1 aliphatic carbocycles. The van der Waals surface area contributed by atoms with Crippen LogP contribution in [-0.2, 0) is 0 Å². The van der Waals surface area contributed by atoms with E-state index < -0.39 is 0 Å². The fourth-order valence-electron chi connectivity index (χ4n) is 4.44. The number of hydrogen-bond donors (Lipinski definition) is 0. The molecule has 7 heteroatoms. The average molecular weight is 484 g/mol. The van der Waals surface area contributed by atoms with Crippen LogP contribution in [0.25, 0.3) is 27.2 Å². The second-order valence-electron chi connectivity index (χ2n) is 8.24. The maximum absolute atomic E-state index is 13.5. The highest BCUT2D eigenvalue weighted by Gasteiger charge is 2.29. The van der Waals surface area contributed by atoms with Crippen molar-refractivity contribution in [2.75, 3.05) is 7.05 Å². The topological polar surface area (TPSA) is 38.1 Å². The summed E-state index contributed by atoms with van der Waals surface area (Å²) in [6.07, 6.45) is 5.70. The normalized spacial score (nSPS) is 14.7. The largest absolute Gasteiger partial charge is 0.338 e. The molecule has 1 amide bonds. The highest BCUT2D eigenvalue weighted by Crippen LogP contribution is 2.43. The Balaban J connectivity index is 1.65. The molecule has 164 valence electrons. The standard InChI is InChI=1S/C25H23Cl2N3OS/c1-29(18-8-4-2-5-9-18)24(31)23-21(27)20-22(16-12-14-17(26)15-13-16)28-30(25(20)32-23)19-10-6-3-7-11-19/h3,6-7,10-15,18H,2,4-5,8-9H2,1H3. The van der Waals surface area contributed by atoms with E-state index in [0.29, 0.717) is 14.9 Å². The number of amides is 1. The summed E-state index contributed by atoms with van der Waals surface area (Å²) < 4.78 is 1.88. The summed E-state index contributed by atoms with van der Waals surface area (Å²) in [5, 5.41) is 6.84. The molecule has 0 atom stereocenters. The predicted octanol–water partition coefficient (Wildman–Crippen LogP) is 7.47. The second-order valence-corrected chi connectivity index (χ2v) is 10.0. The number of fused-ring (bicyclic) bond motifs is 1. The number of carbonyl (C=O) groups is 1. The van der Waals surface area contributed by atoms with E-state index in [0.717, 1.165) is 40.0 Å². The lowest BCUT2D eigenvalue weighted by Crippen LogP contribution is -2.38. The molecular weight excluding hydrogens is 461 g/mol. The van der Waals surface area contributed by atoms with Gasteiger partial charge in [0.15, 0.2) is 0 Å². The summed E-state index contributed by atoms with van der Waals surface area (Å²) in [6, 6.07) is 17.8. The Labute approximate surface area is 201 Å². The van der Waals surface area contributed by atoms with Gasteiger partial charge in [-0.25, -0.2) is 4.68 Å². The Hall–Kier alpha value is -2.34. The summed E-state index contributed by atoms with van der Waals surface area (Å²) in [7, 11) is 1.91. The van der Waals surface area contributed by atoms with Gasteiger partial charge in [-0.3, -0.25) is 4.79 Å². The van der Waals surface area contributed by atoms with Gasteiger partial charge in [0, 0.05) is 23.7 Å². The average Bonchev–Trinajstić information content (AvgIpc) is 3.37. The molecular formula is C25H23Cl2N3OS. The number of nitrogens with zero attached hydrogens (tertiary/aromatic N) is 3. The maximum Gasteiger partial charge on any atom is 0.265 e. The van der Waals surface area contributed by atoms with Crippen molar-refractivity contribution in [1.29, 1.82) is 0 Å². The van der Waals surface area contributed by atoms with Crippen LogP contribution in [0.4, 0.5) is 0 Å². The zero-order valence-corrected chi connectivity index (χ0v) is 20.1. The fraction of sp³-hybridized carbons (Fsp3) is 0.280. The Bertz CT molecular complexity index is 1260. The lowest BCUT2D eigenvalue weighted by Gasteiger charge is -2.31. The first kappa shape index (κ1) is 21.5. The van der Waals surface area contributed by atoms with E-state index in [9.17, 15) is 4.79 Å². The molecule has 32 heavy (non-hydrogen) atoms. The summed E-state index contributed by atoms with van der Waals surface area (Å²) in [5.41, 5.74) is 2.59. The third-order valence-electron chi connectivity index (χ3n) is 6.22. The summed E-state index contributed by atoms with van der Waals surface area (Å²) in [4.78, 5) is 16.8. The molecule has 0 radical (unpaired) electrons. The Morgan fingerprint density at radius 2 is 1.72 bits per heavy atom. The van der Waals surface area contributed by atoms with Gasteiger partial charge in [0.25, 0.3) is 5.91 Å². The first-order valence-corrected chi connectivity index (χ1v) is 12.4. The van der Waals surface area contributed by atoms with Crippen molar-refractivity contribution in [2.45, 2.75) is 38.1 Å². The van der Waals surface area contributed by atoms with Crippen LogP contribution in [0, 0.1) is 0 Å². The first-order chi connectivity index (χ1) is 15.5. The SMILES string of the molecule is CN(C(=O)c1sc2c(c(-c3ccc(Cl)cc3)nn2-c2ccccc2)c1Cl)C1CCCCC1. The van der Waals surface area contributed by atoms with Crippen LogP contribution >= 0.6 is 34.5 Å². The van der Waals surface area contributed by atoms with Gasteiger partial charge in [-0.15, -0.1) is 11.3 Å². The Kier molecular flexibility index (Phi) is 5.97. The van der Waals surface area contributed by atoms with Gasteiger partial charge in [-0.05, 0) is 37.1 Å². The van der Waals surface area contributed by atoms with Gasteiger partial charge in [0.1, 0.15) is 15.4 Å². The molecule has 0 bridgehead atoms. The van der Waals surface area contributed by atoms with E-state index in [2.05, 4.69) is 0 Å². The van der Waals surface area contributed by atoms with Crippen molar-refractivity contribution in [3.05, 3.63) is 69.5 Å². The third kappa shape index (κ3) is 3.83. The van der Waals surface area contributed by atoms with Crippen LogP contribution in [0.3, 0.4) is 0 Å². The van der Waals surface area contributed by atoms with E-state index in [-0.39, 0.29) is 11.9 Å². The second kappa shape index (κ2) is 8.89. The number of halogens is 2. The number of para-hydroxylation sites is 1. The maximum atomic E-state index is 13.5. The van der Waals surface area contributed by atoms with Gasteiger partial charge in [0.2, 0.25) is 0 Å². The van der Waals surface area contributed by atoms with E-state index in [1.165, 1.54) is 30.6 Å². The minimum Gasteiger partial charge on any atom is -0.338 e. The predicted molar refractivity (Wildman–Crippen MR) is 133 cm³/mol. The molecule has 2 aromatic heterocycles. The number of thiophene rings is 1. The molecule has 1 fully saturated rings. The Morgan fingerprint density at radius 3 is 2.41 bits per heavy atom. The quantitative estimate of drug-likeness (QED) is 0.301. The highest BCUT2D eigenvalue weighted by molar-refractivity contribution is 7.21. The van der Waals surface area contributed by atoms with Crippen molar-refractivity contribution in [1.82, 2.24) is 14.7 Å². The zero-order chi connectivity index (χ0) is 22.2. The van der Waals surface area contributed by atoms with Gasteiger partial charge in [0.05, 0.1) is 16.1 Å². The van der Waals surface area contributed by atoms with Crippen molar-refractivity contribution in [3.63, 3.8) is 0 Å². The molecule has 1 saturated carbocycles. The van der Waals surface area contributed by atoms with Crippen LogP contribution in [0.5, 0.6) is 0 Å². The van der Waals surface area contributed by atoms with E-state index in [1.807, 2.05) is 71.2 Å². The molecule has 5 rings (SSSR count). The summed E-state index contributed by atoms with van der Waals surface area (Å²) in [5.74, 6) is -0.00947. The van der Waals surface area contributed by atoms with E-state index in [4.69, 9.17) is 28.3 Å². The van der Waals surface area contributed by atoms with Crippen molar-refractivity contribution in [2.24, 2.45) is 0 Å². The fourth-order valence-corrected chi connectivity index (χ4v) is 6.14. The van der Waals surface area contributed by atoms with E-state index >= 15 is 0 Å². The first-order valence-electron chi connectivity index (χ1n) is 10.8. The molecule has 0 unspecified atom stereocenters. The number of aromatic nitrogens is 2. The van der Waals surface area contributed by atoms with Crippen LogP contribution < -0.4 is 0 Å². The number of benzene rings is 2. The van der Waals surface area contributed by atoms with Crippen LogP contribution in [-0.4, -0.2) is 33.7 Å². The molecule has 0 saturated heterocycles. The zero-order valence-electron chi connectivity index (χ0n) is 17.7. The molecule has 0 aliphatic heterocycles. The van der Waals surface area contributed by atoms with Crippen LogP contribution in [0.15, 0.2) is 54.6 Å². The van der Waals surface area contributed by atoms with Gasteiger partial charge < -0.3 is 4.90 Å². The summed E-state index contributed by atoms with van der Waals surface area (Å²) >= 11 is 14.4. The molecule has 2 heterocycles.